The highest BCUT2D eigenvalue weighted by molar-refractivity contribution is 5.97. The van der Waals surface area contributed by atoms with Crippen LogP contribution in [0.1, 0.15) is 35.3 Å². The van der Waals surface area contributed by atoms with E-state index in [1.54, 1.807) is 0 Å². The lowest BCUT2D eigenvalue weighted by atomic mass is 9.88. The molecule has 0 radical (unpaired) electrons. The predicted molar refractivity (Wildman–Crippen MR) is 98.4 cm³/mol. The maximum Gasteiger partial charge on any atom is 0.255 e. The van der Waals surface area contributed by atoms with Crippen LogP contribution in [-0.2, 0) is 12.8 Å². The third-order valence-electron chi connectivity index (χ3n) is 5.14. The topological polar surface area (TPSA) is 39.3 Å². The summed E-state index contributed by atoms with van der Waals surface area (Å²) in [5, 5.41) is 0. The Balaban J connectivity index is 1.77. The lowest BCUT2D eigenvalue weighted by Gasteiger charge is -2.24. The van der Waals surface area contributed by atoms with Crippen LogP contribution in [0.3, 0.4) is 0 Å². The molecule has 128 valence electrons. The van der Waals surface area contributed by atoms with E-state index in [0.717, 1.165) is 50.3 Å². The monoisotopic (exact) mass is 325 g/mol. The van der Waals surface area contributed by atoms with Crippen molar-refractivity contribution in [1.82, 2.24) is 14.8 Å². The van der Waals surface area contributed by atoms with E-state index in [1.165, 1.54) is 16.7 Å². The molecule has 1 aromatic carbocycles. The molecule has 24 heavy (non-hydrogen) atoms. The molecule has 0 spiro atoms. The highest BCUT2D eigenvalue weighted by atomic mass is 16.2. The van der Waals surface area contributed by atoms with E-state index in [1.807, 2.05) is 18.1 Å². The first kappa shape index (κ1) is 16.8. The van der Waals surface area contributed by atoms with E-state index in [2.05, 4.69) is 48.0 Å². The Morgan fingerprint density at radius 1 is 1.12 bits per heavy atom. The predicted octanol–water partition coefficient (Wildman–Crippen LogP) is 3.19. The van der Waals surface area contributed by atoms with E-state index in [4.69, 9.17) is 0 Å². The van der Waals surface area contributed by atoms with E-state index < -0.39 is 0 Å². The third kappa shape index (κ3) is 3.11. The number of nitrogens with zero attached hydrogens (tertiary/aromatic N) is 2. The lowest BCUT2D eigenvalue weighted by Crippen LogP contribution is -2.36. The van der Waals surface area contributed by atoms with Crippen LogP contribution in [-0.4, -0.2) is 53.9 Å². The Kier molecular flexibility index (Phi) is 5.05. The van der Waals surface area contributed by atoms with Crippen LogP contribution in [0.25, 0.3) is 11.3 Å². The van der Waals surface area contributed by atoms with E-state index in [-0.39, 0.29) is 5.91 Å². The molecule has 0 aliphatic heterocycles. The fourth-order valence-corrected chi connectivity index (χ4v) is 3.52. The van der Waals surface area contributed by atoms with Crippen molar-refractivity contribution in [2.24, 2.45) is 0 Å². The fourth-order valence-electron chi connectivity index (χ4n) is 3.52. The average molecular weight is 325 g/mol. The number of carbonyl (C=O) groups excluding carboxylic acids is 1. The minimum atomic E-state index is 0.124. The van der Waals surface area contributed by atoms with Gasteiger partial charge in [0.05, 0.1) is 5.56 Å². The Hall–Kier alpha value is -2.07. The lowest BCUT2D eigenvalue weighted by molar-refractivity contribution is 0.0779. The second-order valence-electron chi connectivity index (χ2n) is 6.47. The van der Waals surface area contributed by atoms with Gasteiger partial charge < -0.3 is 14.8 Å². The van der Waals surface area contributed by atoms with Gasteiger partial charge in [0.1, 0.15) is 0 Å². The van der Waals surface area contributed by atoms with Crippen LogP contribution < -0.4 is 0 Å². The molecule has 1 amide bonds. The number of rotatable bonds is 6. The summed E-state index contributed by atoms with van der Waals surface area (Å²) in [6.07, 6.45) is 3.83. The molecule has 1 heterocycles. The zero-order valence-corrected chi connectivity index (χ0v) is 14.9. The van der Waals surface area contributed by atoms with Gasteiger partial charge in [0.25, 0.3) is 5.91 Å². The van der Waals surface area contributed by atoms with Gasteiger partial charge in [0.15, 0.2) is 0 Å². The van der Waals surface area contributed by atoms with Crippen LogP contribution in [0.15, 0.2) is 30.5 Å². The maximum atomic E-state index is 12.9. The van der Waals surface area contributed by atoms with Crippen molar-refractivity contribution >= 4 is 5.91 Å². The summed E-state index contributed by atoms with van der Waals surface area (Å²) in [5.41, 5.74) is 5.73. The third-order valence-corrected chi connectivity index (χ3v) is 5.14. The van der Waals surface area contributed by atoms with E-state index >= 15 is 0 Å². The van der Waals surface area contributed by atoms with Crippen molar-refractivity contribution < 1.29 is 4.79 Å². The molecule has 1 aliphatic carbocycles. The standard InChI is InChI=1S/C20H27N3O/c1-4-23(5-2)13-12-22(3)20(24)18-14-21-19-16-9-7-6-8-15(16)10-11-17(18)19/h6-9,14,21H,4-5,10-13H2,1-3H3. The Bertz CT molecular complexity index is 715. The number of likely N-dealkylation sites (N-methyl/N-ethyl adjacent to an activating group) is 2. The van der Waals surface area contributed by atoms with Crippen molar-refractivity contribution in [1.29, 1.82) is 0 Å². The van der Waals surface area contributed by atoms with Gasteiger partial charge in [-0.15, -0.1) is 0 Å². The number of nitrogens with one attached hydrogen (secondary N) is 1. The first-order valence-corrected chi connectivity index (χ1v) is 8.92. The van der Waals surface area contributed by atoms with Crippen LogP contribution in [0.4, 0.5) is 0 Å². The molecule has 1 N–H and O–H groups in total. The van der Waals surface area contributed by atoms with Crippen molar-refractivity contribution in [2.45, 2.75) is 26.7 Å². The number of aromatic amines is 1. The first-order chi connectivity index (χ1) is 11.7. The molecule has 0 atom stereocenters. The summed E-state index contributed by atoms with van der Waals surface area (Å²) in [6, 6.07) is 8.46. The van der Waals surface area contributed by atoms with Crippen molar-refractivity contribution in [3.63, 3.8) is 0 Å². The number of benzene rings is 1. The molecule has 1 aromatic heterocycles. The van der Waals surface area contributed by atoms with Gasteiger partial charge in [-0.2, -0.15) is 0 Å². The molecule has 3 rings (SSSR count). The van der Waals surface area contributed by atoms with Crippen LogP contribution >= 0.6 is 0 Å². The number of aryl methyl sites for hydroxylation is 1. The van der Waals surface area contributed by atoms with Gasteiger partial charge in [-0.05, 0) is 37.1 Å². The number of carbonyl (C=O) groups is 1. The molecular weight excluding hydrogens is 298 g/mol. The molecule has 1 aliphatic rings. The van der Waals surface area contributed by atoms with Crippen molar-refractivity contribution in [3.8, 4) is 11.3 Å². The fraction of sp³-hybridized carbons (Fsp3) is 0.450. The van der Waals surface area contributed by atoms with Gasteiger partial charge in [0.2, 0.25) is 0 Å². The zero-order valence-electron chi connectivity index (χ0n) is 14.9. The highest BCUT2D eigenvalue weighted by Gasteiger charge is 2.24. The number of H-pyrrole nitrogens is 1. The molecule has 4 heteroatoms. The van der Waals surface area contributed by atoms with Gasteiger partial charge in [0, 0.05) is 37.6 Å². The summed E-state index contributed by atoms with van der Waals surface area (Å²) in [6.45, 7) is 8.04. The SMILES string of the molecule is CCN(CC)CCN(C)C(=O)c1c[nH]c2c1CCc1ccccc1-2. The molecule has 0 unspecified atom stereocenters. The summed E-state index contributed by atoms with van der Waals surface area (Å²) >= 11 is 0. The summed E-state index contributed by atoms with van der Waals surface area (Å²) in [7, 11) is 1.90. The summed E-state index contributed by atoms with van der Waals surface area (Å²) in [5.74, 6) is 0.124. The van der Waals surface area contributed by atoms with Gasteiger partial charge in [-0.25, -0.2) is 0 Å². The number of aromatic nitrogens is 1. The minimum Gasteiger partial charge on any atom is -0.360 e. The molecular formula is C20H27N3O. The minimum absolute atomic E-state index is 0.124. The van der Waals surface area contributed by atoms with Crippen molar-refractivity contribution in [3.05, 3.63) is 47.2 Å². The molecule has 4 nitrogen and oxygen atoms in total. The van der Waals surface area contributed by atoms with Crippen molar-refractivity contribution in [2.75, 3.05) is 33.2 Å². The van der Waals surface area contributed by atoms with Gasteiger partial charge in [-0.1, -0.05) is 38.1 Å². The van der Waals surface area contributed by atoms with Gasteiger partial charge in [-0.3, -0.25) is 4.79 Å². The Morgan fingerprint density at radius 3 is 2.62 bits per heavy atom. The maximum absolute atomic E-state index is 12.9. The number of hydrogen-bond donors (Lipinski definition) is 1. The number of hydrogen-bond acceptors (Lipinski definition) is 2. The van der Waals surface area contributed by atoms with Crippen LogP contribution in [0.5, 0.6) is 0 Å². The summed E-state index contributed by atoms with van der Waals surface area (Å²) < 4.78 is 0. The molecule has 2 aromatic rings. The molecule has 0 fully saturated rings. The second kappa shape index (κ2) is 7.22. The Morgan fingerprint density at radius 2 is 1.88 bits per heavy atom. The second-order valence-corrected chi connectivity index (χ2v) is 6.47. The number of fused-ring (bicyclic) bond motifs is 3. The number of amides is 1. The largest absolute Gasteiger partial charge is 0.360 e. The summed E-state index contributed by atoms with van der Waals surface area (Å²) in [4.78, 5) is 20.4. The van der Waals surface area contributed by atoms with E-state index in [0.29, 0.717) is 0 Å². The van der Waals surface area contributed by atoms with E-state index in [9.17, 15) is 4.79 Å². The zero-order chi connectivity index (χ0) is 17.1. The molecule has 0 bridgehead atoms. The van der Waals surface area contributed by atoms with Crippen LogP contribution in [0, 0.1) is 0 Å². The average Bonchev–Trinajstić information content (AvgIpc) is 3.06. The Labute approximate surface area is 144 Å². The smallest absolute Gasteiger partial charge is 0.255 e. The van der Waals surface area contributed by atoms with Gasteiger partial charge >= 0.3 is 0 Å². The quantitative estimate of drug-likeness (QED) is 0.886. The van der Waals surface area contributed by atoms with Crippen LogP contribution in [0.2, 0.25) is 0 Å². The normalized spacial score (nSPS) is 12.8. The first-order valence-electron chi connectivity index (χ1n) is 8.92. The highest BCUT2D eigenvalue weighted by Crippen LogP contribution is 2.34. The molecule has 0 saturated carbocycles. The molecule has 0 saturated heterocycles.